The molecule has 0 heterocycles. The number of hydrogen-bond donors (Lipinski definition) is 1. The molecular weight excluding hydrogens is 428 g/mol. The summed E-state index contributed by atoms with van der Waals surface area (Å²) in [7, 11) is 0. The third-order valence-electron chi connectivity index (χ3n) is 4.80. The zero-order chi connectivity index (χ0) is 23.6. The van der Waals surface area contributed by atoms with Crippen molar-refractivity contribution in [2.75, 3.05) is 6.61 Å². The van der Waals surface area contributed by atoms with Crippen molar-refractivity contribution in [3.05, 3.63) is 114 Å². The van der Waals surface area contributed by atoms with Crippen LogP contribution >= 0.6 is 0 Å². The Morgan fingerprint density at radius 1 is 0.765 bits per heavy atom. The summed E-state index contributed by atoms with van der Waals surface area (Å²) in [6.07, 6.45) is 4.56. The SMILES string of the molecule is O=C(COc1ccc2ccccc2c1)N/N=C/c1ccc(OC(=O)/C=C/c2ccccc2)cc1. The summed E-state index contributed by atoms with van der Waals surface area (Å²) in [4.78, 5) is 23.9. The molecule has 0 atom stereocenters. The minimum atomic E-state index is -0.469. The zero-order valence-corrected chi connectivity index (χ0v) is 18.3. The number of rotatable bonds is 8. The van der Waals surface area contributed by atoms with Gasteiger partial charge in [0.05, 0.1) is 6.21 Å². The first kappa shape index (κ1) is 22.5. The Morgan fingerprint density at radius 3 is 2.26 bits per heavy atom. The van der Waals surface area contributed by atoms with Crippen molar-refractivity contribution in [2.45, 2.75) is 0 Å². The number of hydrogen-bond acceptors (Lipinski definition) is 5. The zero-order valence-electron chi connectivity index (χ0n) is 18.3. The average molecular weight is 450 g/mol. The third kappa shape index (κ3) is 6.64. The van der Waals surface area contributed by atoms with Crippen LogP contribution < -0.4 is 14.9 Å². The molecule has 0 spiro atoms. The quantitative estimate of drug-likeness (QED) is 0.135. The fraction of sp³-hybridized carbons (Fsp3) is 0.0357. The van der Waals surface area contributed by atoms with E-state index in [0.29, 0.717) is 11.5 Å². The number of benzene rings is 4. The van der Waals surface area contributed by atoms with Gasteiger partial charge in [-0.3, -0.25) is 4.79 Å². The van der Waals surface area contributed by atoms with Gasteiger partial charge in [-0.1, -0.05) is 60.7 Å². The van der Waals surface area contributed by atoms with Gasteiger partial charge in [-0.25, -0.2) is 10.2 Å². The maximum atomic E-state index is 12.0. The molecule has 6 heteroatoms. The molecule has 1 N–H and O–H groups in total. The maximum Gasteiger partial charge on any atom is 0.336 e. The van der Waals surface area contributed by atoms with Crippen LogP contribution in [0.1, 0.15) is 11.1 Å². The second kappa shape index (κ2) is 11.2. The smallest absolute Gasteiger partial charge is 0.336 e. The number of carbonyl (C=O) groups is 2. The van der Waals surface area contributed by atoms with Gasteiger partial charge in [0, 0.05) is 6.08 Å². The Balaban J connectivity index is 1.22. The van der Waals surface area contributed by atoms with Gasteiger partial charge < -0.3 is 9.47 Å². The topological polar surface area (TPSA) is 77.0 Å². The number of hydrazone groups is 1. The summed E-state index contributed by atoms with van der Waals surface area (Å²) in [5.41, 5.74) is 4.07. The van der Waals surface area contributed by atoms with E-state index in [1.54, 1.807) is 30.3 Å². The molecule has 0 unspecified atom stereocenters. The Labute approximate surface area is 197 Å². The van der Waals surface area contributed by atoms with Crippen LogP contribution in [-0.2, 0) is 9.59 Å². The Bertz CT molecular complexity index is 1330. The summed E-state index contributed by atoms with van der Waals surface area (Å²) < 4.78 is 10.8. The molecule has 0 radical (unpaired) electrons. The van der Waals surface area contributed by atoms with Crippen molar-refractivity contribution in [3.8, 4) is 11.5 Å². The molecule has 1 amide bonds. The molecule has 6 nitrogen and oxygen atoms in total. The normalized spacial score (nSPS) is 11.1. The minimum Gasteiger partial charge on any atom is -0.484 e. The summed E-state index contributed by atoms with van der Waals surface area (Å²) in [5, 5.41) is 6.08. The molecule has 4 aromatic carbocycles. The number of amides is 1. The predicted octanol–water partition coefficient (Wildman–Crippen LogP) is 4.99. The highest BCUT2D eigenvalue weighted by Crippen LogP contribution is 2.20. The van der Waals surface area contributed by atoms with E-state index in [4.69, 9.17) is 9.47 Å². The lowest BCUT2D eigenvalue weighted by molar-refractivity contribution is -0.129. The first-order valence-corrected chi connectivity index (χ1v) is 10.6. The molecule has 0 fully saturated rings. The lowest BCUT2D eigenvalue weighted by Gasteiger charge is -2.06. The lowest BCUT2D eigenvalue weighted by Crippen LogP contribution is -2.24. The minimum absolute atomic E-state index is 0.152. The fourth-order valence-corrected chi connectivity index (χ4v) is 3.12. The molecule has 0 aliphatic rings. The molecule has 4 aromatic rings. The van der Waals surface area contributed by atoms with Crippen LogP contribution in [0.2, 0.25) is 0 Å². The van der Waals surface area contributed by atoms with Crippen molar-refractivity contribution in [1.29, 1.82) is 0 Å². The molecule has 0 saturated heterocycles. The van der Waals surface area contributed by atoms with E-state index < -0.39 is 5.97 Å². The van der Waals surface area contributed by atoms with Gasteiger partial charge in [-0.05, 0) is 64.4 Å². The van der Waals surface area contributed by atoms with Gasteiger partial charge >= 0.3 is 5.97 Å². The van der Waals surface area contributed by atoms with Gasteiger partial charge in [0.25, 0.3) is 5.91 Å². The van der Waals surface area contributed by atoms with Crippen LogP contribution in [0.3, 0.4) is 0 Å². The van der Waals surface area contributed by atoms with Crippen LogP contribution in [0.5, 0.6) is 11.5 Å². The van der Waals surface area contributed by atoms with Crippen LogP contribution in [0.15, 0.2) is 108 Å². The predicted molar refractivity (Wildman–Crippen MR) is 133 cm³/mol. The van der Waals surface area contributed by atoms with Gasteiger partial charge in [0.2, 0.25) is 0 Å². The molecule has 0 bridgehead atoms. The monoisotopic (exact) mass is 450 g/mol. The van der Waals surface area contributed by atoms with Crippen LogP contribution in [0.4, 0.5) is 0 Å². The van der Waals surface area contributed by atoms with Crippen LogP contribution in [-0.4, -0.2) is 24.7 Å². The molecule has 0 saturated carbocycles. The summed E-state index contributed by atoms with van der Waals surface area (Å²) in [6.45, 7) is -0.152. The molecule has 34 heavy (non-hydrogen) atoms. The van der Waals surface area contributed by atoms with Crippen molar-refractivity contribution in [2.24, 2.45) is 5.10 Å². The van der Waals surface area contributed by atoms with E-state index in [-0.39, 0.29) is 12.5 Å². The second-order valence-corrected chi connectivity index (χ2v) is 7.32. The second-order valence-electron chi connectivity index (χ2n) is 7.32. The van der Waals surface area contributed by atoms with Crippen molar-refractivity contribution >= 4 is 34.9 Å². The number of nitrogens with one attached hydrogen (secondary N) is 1. The van der Waals surface area contributed by atoms with E-state index in [0.717, 1.165) is 21.9 Å². The Hall–Kier alpha value is -4.71. The highest BCUT2D eigenvalue weighted by Gasteiger charge is 2.03. The third-order valence-corrected chi connectivity index (χ3v) is 4.80. The number of carbonyl (C=O) groups excluding carboxylic acids is 2. The largest absolute Gasteiger partial charge is 0.484 e. The number of fused-ring (bicyclic) bond motifs is 1. The molecule has 4 rings (SSSR count). The van der Waals surface area contributed by atoms with Crippen LogP contribution in [0, 0.1) is 0 Å². The first-order chi connectivity index (χ1) is 16.7. The van der Waals surface area contributed by atoms with E-state index in [2.05, 4.69) is 10.5 Å². The Kier molecular flexibility index (Phi) is 7.43. The number of nitrogens with zero attached hydrogens (tertiary/aromatic N) is 1. The standard InChI is InChI=1S/C28H22N2O4/c31-27(20-33-26-16-13-23-8-4-5-9-24(23)18-26)30-29-19-22-10-14-25(15-11-22)34-28(32)17-12-21-6-2-1-3-7-21/h1-19H,20H2,(H,30,31)/b17-12+,29-19+. The average Bonchev–Trinajstić information content (AvgIpc) is 2.88. The lowest BCUT2D eigenvalue weighted by atomic mass is 10.1. The molecule has 0 aliphatic heterocycles. The maximum absolute atomic E-state index is 12.0. The van der Waals surface area contributed by atoms with Gasteiger partial charge in [0.1, 0.15) is 11.5 Å². The van der Waals surface area contributed by atoms with Crippen molar-refractivity contribution in [1.82, 2.24) is 5.43 Å². The highest BCUT2D eigenvalue weighted by atomic mass is 16.5. The molecule has 168 valence electrons. The van der Waals surface area contributed by atoms with Gasteiger partial charge in [-0.15, -0.1) is 0 Å². The fourth-order valence-electron chi connectivity index (χ4n) is 3.12. The van der Waals surface area contributed by atoms with E-state index in [9.17, 15) is 9.59 Å². The van der Waals surface area contributed by atoms with Crippen LogP contribution in [0.25, 0.3) is 16.8 Å². The highest BCUT2D eigenvalue weighted by molar-refractivity contribution is 5.89. The van der Waals surface area contributed by atoms with Crippen molar-refractivity contribution < 1.29 is 19.1 Å². The molecular formula is C28H22N2O4. The molecule has 0 aromatic heterocycles. The van der Waals surface area contributed by atoms with E-state index in [1.807, 2.05) is 72.8 Å². The number of esters is 1. The summed E-state index contributed by atoms with van der Waals surface area (Å²) >= 11 is 0. The van der Waals surface area contributed by atoms with Gasteiger partial charge in [-0.2, -0.15) is 5.10 Å². The summed E-state index contributed by atoms with van der Waals surface area (Å²) in [6, 6.07) is 29.8. The molecule has 0 aliphatic carbocycles. The summed E-state index contributed by atoms with van der Waals surface area (Å²) in [5.74, 6) is 0.179. The van der Waals surface area contributed by atoms with E-state index in [1.165, 1.54) is 12.3 Å². The van der Waals surface area contributed by atoms with E-state index >= 15 is 0 Å². The number of ether oxygens (including phenoxy) is 2. The Morgan fingerprint density at radius 2 is 1.47 bits per heavy atom. The van der Waals surface area contributed by atoms with Gasteiger partial charge in [0.15, 0.2) is 6.61 Å². The first-order valence-electron chi connectivity index (χ1n) is 10.6. The van der Waals surface area contributed by atoms with Crippen molar-refractivity contribution in [3.63, 3.8) is 0 Å².